The van der Waals surface area contributed by atoms with Crippen molar-refractivity contribution >= 4 is 5.91 Å². The Kier molecular flexibility index (Phi) is 5.24. The van der Waals surface area contributed by atoms with Crippen LogP contribution in [0.1, 0.15) is 39.7 Å². The van der Waals surface area contributed by atoms with E-state index in [1.165, 1.54) is 19.2 Å². The number of aryl methyl sites for hydroxylation is 1. The number of amides is 1. The van der Waals surface area contributed by atoms with Gasteiger partial charge in [0.25, 0.3) is 11.8 Å². The fraction of sp³-hybridized carbons (Fsp3) is 0.348. The van der Waals surface area contributed by atoms with Crippen LogP contribution in [0.4, 0.5) is 8.78 Å². The van der Waals surface area contributed by atoms with E-state index >= 15 is 0 Å². The molecule has 4 rings (SSSR count). The lowest BCUT2D eigenvalue weighted by molar-refractivity contribution is 0.0175. The lowest BCUT2D eigenvalue weighted by Crippen LogP contribution is -2.36. The molecule has 0 aliphatic carbocycles. The molecule has 0 unspecified atom stereocenters. The van der Waals surface area contributed by atoms with Gasteiger partial charge in [0.1, 0.15) is 0 Å². The average molecular weight is 426 g/mol. The van der Waals surface area contributed by atoms with E-state index in [0.29, 0.717) is 42.1 Å². The lowest BCUT2D eigenvalue weighted by Gasteiger charge is -2.27. The molecule has 162 valence electrons. The van der Waals surface area contributed by atoms with Gasteiger partial charge in [0, 0.05) is 54.5 Å². The Bertz CT molecular complexity index is 1150. The minimum Gasteiger partial charge on any atom is -0.481 e. The van der Waals surface area contributed by atoms with Crippen molar-refractivity contribution in [3.8, 4) is 17.1 Å². The first-order valence-electron chi connectivity index (χ1n) is 10.0. The van der Waals surface area contributed by atoms with E-state index in [9.17, 15) is 13.6 Å². The van der Waals surface area contributed by atoms with Crippen LogP contribution in [0.5, 0.6) is 5.88 Å². The van der Waals surface area contributed by atoms with Gasteiger partial charge in [0.05, 0.1) is 25.0 Å². The summed E-state index contributed by atoms with van der Waals surface area (Å²) < 4.78 is 34.6. The van der Waals surface area contributed by atoms with Crippen LogP contribution in [-0.2, 0) is 25.9 Å². The molecule has 0 fully saturated rings. The maximum absolute atomic E-state index is 13.8. The van der Waals surface area contributed by atoms with Gasteiger partial charge in [-0.2, -0.15) is 5.10 Å². The standard InChI is InChI=1S/C23H24F2N4O2/c1-14-17(8-10-26-21(14)31-4)22(30)29-11-9-18-19(13-29)27-28(3)20(18)15-6-5-7-16(12-15)23(2,24)25/h5-8,10,12H,9,11,13H2,1-4H3. The minimum atomic E-state index is -2.92. The van der Waals surface area contributed by atoms with Crippen molar-refractivity contribution in [2.45, 2.75) is 32.7 Å². The van der Waals surface area contributed by atoms with E-state index in [0.717, 1.165) is 23.9 Å². The zero-order valence-corrected chi connectivity index (χ0v) is 17.9. The highest BCUT2D eigenvalue weighted by Gasteiger charge is 2.30. The molecule has 0 atom stereocenters. The maximum atomic E-state index is 13.8. The Morgan fingerprint density at radius 1 is 1.26 bits per heavy atom. The number of hydrogen-bond acceptors (Lipinski definition) is 4. The number of fused-ring (bicyclic) bond motifs is 1. The van der Waals surface area contributed by atoms with Crippen molar-refractivity contribution in [3.63, 3.8) is 0 Å². The van der Waals surface area contributed by atoms with Crippen molar-refractivity contribution in [2.75, 3.05) is 13.7 Å². The normalized spacial score (nSPS) is 13.8. The highest BCUT2D eigenvalue weighted by Crippen LogP contribution is 2.34. The minimum absolute atomic E-state index is 0.0327. The van der Waals surface area contributed by atoms with Gasteiger partial charge in [0.15, 0.2) is 0 Å². The van der Waals surface area contributed by atoms with Crippen LogP contribution in [-0.4, -0.2) is 39.2 Å². The number of pyridine rings is 1. The second-order valence-electron chi connectivity index (χ2n) is 7.84. The van der Waals surface area contributed by atoms with Gasteiger partial charge in [-0.05, 0) is 25.5 Å². The van der Waals surface area contributed by atoms with Gasteiger partial charge < -0.3 is 9.64 Å². The Morgan fingerprint density at radius 3 is 2.74 bits per heavy atom. The van der Waals surface area contributed by atoms with Gasteiger partial charge in [-0.25, -0.2) is 13.8 Å². The van der Waals surface area contributed by atoms with Crippen LogP contribution >= 0.6 is 0 Å². The summed E-state index contributed by atoms with van der Waals surface area (Å²) in [5, 5.41) is 4.60. The first-order chi connectivity index (χ1) is 14.7. The second-order valence-corrected chi connectivity index (χ2v) is 7.84. The number of benzene rings is 1. The van der Waals surface area contributed by atoms with Crippen LogP contribution in [0.3, 0.4) is 0 Å². The second kappa shape index (κ2) is 7.76. The van der Waals surface area contributed by atoms with Gasteiger partial charge in [-0.1, -0.05) is 18.2 Å². The number of hydrogen-bond donors (Lipinski definition) is 0. The fourth-order valence-electron chi connectivity index (χ4n) is 4.12. The van der Waals surface area contributed by atoms with Crippen LogP contribution in [0.15, 0.2) is 36.5 Å². The van der Waals surface area contributed by atoms with Crippen LogP contribution in [0.2, 0.25) is 0 Å². The molecule has 0 N–H and O–H groups in total. The molecule has 8 heteroatoms. The molecule has 6 nitrogen and oxygen atoms in total. The van der Waals surface area contributed by atoms with Crippen LogP contribution in [0, 0.1) is 6.92 Å². The number of methoxy groups -OCH3 is 1. The molecule has 1 aliphatic heterocycles. The SMILES string of the molecule is COc1nccc(C(=O)N2CCc3c(nn(C)c3-c3cccc(C(C)(F)F)c3)C2)c1C. The molecule has 1 aromatic carbocycles. The number of halogens is 2. The van der Waals surface area contributed by atoms with E-state index in [4.69, 9.17) is 4.74 Å². The molecule has 1 amide bonds. The summed E-state index contributed by atoms with van der Waals surface area (Å²) in [7, 11) is 3.32. The Hall–Kier alpha value is -3.29. The summed E-state index contributed by atoms with van der Waals surface area (Å²) in [5.41, 5.74) is 4.50. The number of carbonyl (C=O) groups is 1. The Labute approximate surface area is 179 Å². The summed E-state index contributed by atoms with van der Waals surface area (Å²) in [5.74, 6) is -2.60. The van der Waals surface area contributed by atoms with Crippen LogP contribution < -0.4 is 4.74 Å². The Morgan fingerprint density at radius 2 is 2.03 bits per heavy atom. The zero-order valence-electron chi connectivity index (χ0n) is 17.9. The molecule has 31 heavy (non-hydrogen) atoms. The lowest BCUT2D eigenvalue weighted by atomic mass is 9.97. The fourth-order valence-corrected chi connectivity index (χ4v) is 4.12. The number of rotatable bonds is 4. The number of nitrogens with zero attached hydrogens (tertiary/aromatic N) is 4. The molecule has 3 heterocycles. The quantitative estimate of drug-likeness (QED) is 0.630. The van der Waals surface area contributed by atoms with Crippen molar-refractivity contribution in [1.82, 2.24) is 19.7 Å². The number of alkyl halides is 2. The van der Waals surface area contributed by atoms with E-state index < -0.39 is 5.92 Å². The molecule has 0 saturated carbocycles. The predicted octanol–water partition coefficient (Wildman–Crippen LogP) is 4.11. The molecule has 0 saturated heterocycles. The summed E-state index contributed by atoms with van der Waals surface area (Å²) in [6.45, 7) is 3.57. The monoisotopic (exact) mass is 426 g/mol. The molecular formula is C23H24F2N4O2. The van der Waals surface area contributed by atoms with Crippen molar-refractivity contribution < 1.29 is 18.3 Å². The van der Waals surface area contributed by atoms with E-state index in [1.807, 2.05) is 13.0 Å². The third-order valence-electron chi connectivity index (χ3n) is 5.71. The summed E-state index contributed by atoms with van der Waals surface area (Å²) in [6.07, 6.45) is 2.15. The van der Waals surface area contributed by atoms with Gasteiger partial charge in [-0.3, -0.25) is 9.48 Å². The van der Waals surface area contributed by atoms with Gasteiger partial charge in [0.2, 0.25) is 5.88 Å². The Balaban J connectivity index is 1.65. The molecule has 3 aromatic rings. The molecule has 1 aliphatic rings. The number of carbonyl (C=O) groups excluding carboxylic acids is 1. The zero-order chi connectivity index (χ0) is 22.3. The highest BCUT2D eigenvalue weighted by atomic mass is 19.3. The van der Waals surface area contributed by atoms with E-state index in [1.54, 1.807) is 35.0 Å². The first-order valence-corrected chi connectivity index (χ1v) is 10.0. The van der Waals surface area contributed by atoms with Gasteiger partial charge >= 0.3 is 0 Å². The first kappa shape index (κ1) is 21.0. The predicted molar refractivity (Wildman–Crippen MR) is 112 cm³/mol. The molecular weight excluding hydrogens is 402 g/mol. The molecule has 0 bridgehead atoms. The smallest absolute Gasteiger partial charge is 0.270 e. The molecule has 2 aromatic heterocycles. The summed E-state index contributed by atoms with van der Waals surface area (Å²) in [6, 6.07) is 8.09. The molecule has 0 spiro atoms. The largest absolute Gasteiger partial charge is 0.481 e. The summed E-state index contributed by atoms with van der Waals surface area (Å²) >= 11 is 0. The molecule has 0 radical (unpaired) electrons. The average Bonchev–Trinajstić information content (AvgIpc) is 3.07. The van der Waals surface area contributed by atoms with Gasteiger partial charge in [-0.15, -0.1) is 0 Å². The number of ether oxygens (including phenoxy) is 1. The highest BCUT2D eigenvalue weighted by molar-refractivity contribution is 5.96. The topological polar surface area (TPSA) is 60.2 Å². The van der Waals surface area contributed by atoms with Crippen molar-refractivity contribution in [1.29, 1.82) is 0 Å². The number of aromatic nitrogens is 3. The maximum Gasteiger partial charge on any atom is 0.270 e. The van der Waals surface area contributed by atoms with Crippen molar-refractivity contribution in [2.24, 2.45) is 7.05 Å². The van der Waals surface area contributed by atoms with Crippen LogP contribution in [0.25, 0.3) is 11.3 Å². The summed E-state index contributed by atoms with van der Waals surface area (Å²) in [4.78, 5) is 19.0. The van der Waals surface area contributed by atoms with E-state index in [2.05, 4.69) is 10.1 Å². The third kappa shape index (κ3) is 3.78. The van der Waals surface area contributed by atoms with E-state index in [-0.39, 0.29) is 11.5 Å². The van der Waals surface area contributed by atoms with Crippen molar-refractivity contribution in [3.05, 3.63) is 64.5 Å². The third-order valence-corrected chi connectivity index (χ3v) is 5.71.